The smallest absolute Gasteiger partial charge is 0.255 e. The SMILES string of the molecule is CCCNc1cc(C)ncc1C(=O)NC1CC2CCC1C2. The van der Waals surface area contributed by atoms with Crippen LogP contribution in [0.2, 0.25) is 0 Å². The Morgan fingerprint density at radius 1 is 1.38 bits per heavy atom. The van der Waals surface area contributed by atoms with Gasteiger partial charge in [0, 0.05) is 24.5 Å². The lowest BCUT2D eigenvalue weighted by molar-refractivity contribution is 0.0923. The molecule has 3 atom stereocenters. The average Bonchev–Trinajstić information content (AvgIpc) is 3.07. The van der Waals surface area contributed by atoms with E-state index in [9.17, 15) is 4.79 Å². The van der Waals surface area contributed by atoms with Gasteiger partial charge in [-0.1, -0.05) is 13.3 Å². The van der Waals surface area contributed by atoms with Gasteiger partial charge in [-0.05, 0) is 50.5 Å². The molecule has 0 saturated heterocycles. The first-order valence-electron chi connectivity index (χ1n) is 8.18. The van der Waals surface area contributed by atoms with Crippen molar-refractivity contribution in [3.63, 3.8) is 0 Å². The van der Waals surface area contributed by atoms with Gasteiger partial charge < -0.3 is 10.6 Å². The number of fused-ring (bicyclic) bond motifs is 2. The predicted octanol–water partition coefficient (Wildman–Crippen LogP) is 3.13. The molecule has 2 N–H and O–H groups in total. The van der Waals surface area contributed by atoms with Crippen molar-refractivity contribution >= 4 is 11.6 Å². The van der Waals surface area contributed by atoms with Crippen LogP contribution in [0.5, 0.6) is 0 Å². The van der Waals surface area contributed by atoms with Crippen LogP contribution in [0, 0.1) is 18.8 Å². The molecule has 1 aromatic heterocycles. The minimum absolute atomic E-state index is 0.0265. The molecule has 3 unspecified atom stereocenters. The van der Waals surface area contributed by atoms with Gasteiger partial charge in [-0.2, -0.15) is 0 Å². The van der Waals surface area contributed by atoms with Crippen LogP contribution in [-0.2, 0) is 0 Å². The minimum atomic E-state index is 0.0265. The molecule has 1 amide bonds. The monoisotopic (exact) mass is 287 g/mol. The normalized spacial score (nSPS) is 26.9. The Morgan fingerprint density at radius 2 is 2.24 bits per heavy atom. The topological polar surface area (TPSA) is 54.0 Å². The second kappa shape index (κ2) is 6.04. The lowest BCUT2D eigenvalue weighted by Crippen LogP contribution is -2.38. The molecule has 4 heteroatoms. The number of amides is 1. The maximum atomic E-state index is 12.6. The predicted molar refractivity (Wildman–Crippen MR) is 84.5 cm³/mol. The summed E-state index contributed by atoms with van der Waals surface area (Å²) in [5, 5.41) is 6.59. The van der Waals surface area contributed by atoms with Crippen molar-refractivity contribution < 1.29 is 4.79 Å². The highest BCUT2D eigenvalue weighted by molar-refractivity contribution is 5.99. The van der Waals surface area contributed by atoms with Crippen molar-refractivity contribution in [1.29, 1.82) is 0 Å². The first kappa shape index (κ1) is 14.4. The molecule has 2 aliphatic carbocycles. The van der Waals surface area contributed by atoms with Crippen LogP contribution in [-0.4, -0.2) is 23.5 Å². The molecule has 0 spiro atoms. The summed E-state index contributed by atoms with van der Waals surface area (Å²) in [5.74, 6) is 1.57. The number of nitrogens with one attached hydrogen (secondary N) is 2. The van der Waals surface area contributed by atoms with Crippen LogP contribution in [0.15, 0.2) is 12.3 Å². The van der Waals surface area contributed by atoms with Crippen molar-refractivity contribution in [2.45, 2.75) is 52.0 Å². The number of hydrogen-bond acceptors (Lipinski definition) is 3. The number of hydrogen-bond donors (Lipinski definition) is 2. The van der Waals surface area contributed by atoms with Gasteiger partial charge in [0.2, 0.25) is 0 Å². The fraction of sp³-hybridized carbons (Fsp3) is 0.647. The lowest BCUT2D eigenvalue weighted by Gasteiger charge is -2.23. The van der Waals surface area contributed by atoms with Gasteiger partial charge >= 0.3 is 0 Å². The number of aryl methyl sites for hydroxylation is 1. The van der Waals surface area contributed by atoms with E-state index in [1.807, 2.05) is 13.0 Å². The average molecular weight is 287 g/mol. The van der Waals surface area contributed by atoms with E-state index in [0.717, 1.165) is 36.7 Å². The summed E-state index contributed by atoms with van der Waals surface area (Å²) in [6, 6.07) is 2.34. The number of pyridine rings is 1. The molecule has 2 aliphatic rings. The van der Waals surface area contributed by atoms with E-state index in [2.05, 4.69) is 22.5 Å². The van der Waals surface area contributed by atoms with E-state index in [-0.39, 0.29) is 5.91 Å². The first-order valence-corrected chi connectivity index (χ1v) is 8.18. The van der Waals surface area contributed by atoms with Gasteiger partial charge in [0.1, 0.15) is 0 Å². The van der Waals surface area contributed by atoms with Crippen LogP contribution < -0.4 is 10.6 Å². The van der Waals surface area contributed by atoms with E-state index in [4.69, 9.17) is 0 Å². The third-order valence-electron chi connectivity index (χ3n) is 4.91. The van der Waals surface area contributed by atoms with Crippen LogP contribution in [0.4, 0.5) is 5.69 Å². The molecule has 2 saturated carbocycles. The second-order valence-electron chi connectivity index (χ2n) is 6.55. The summed E-state index contributed by atoms with van der Waals surface area (Å²) in [6.45, 7) is 4.95. The Labute approximate surface area is 126 Å². The highest BCUT2D eigenvalue weighted by Gasteiger charge is 2.40. The number of nitrogens with zero attached hydrogens (tertiary/aromatic N) is 1. The van der Waals surface area contributed by atoms with Crippen LogP contribution in [0.25, 0.3) is 0 Å². The quantitative estimate of drug-likeness (QED) is 0.875. The molecule has 1 aromatic rings. The standard InChI is InChI=1S/C17H25N3O/c1-3-6-18-16-7-11(2)19-10-14(16)17(21)20-15-9-12-4-5-13(15)8-12/h7,10,12-13,15H,3-6,8-9H2,1-2H3,(H,18,19)(H,20,21). The molecule has 21 heavy (non-hydrogen) atoms. The zero-order valence-electron chi connectivity index (χ0n) is 13.0. The Bertz CT molecular complexity index is 529. The number of anilines is 1. The molecule has 0 aromatic carbocycles. The summed E-state index contributed by atoms with van der Waals surface area (Å²) in [4.78, 5) is 16.9. The van der Waals surface area contributed by atoms with Crippen LogP contribution in [0.1, 0.15) is 55.1 Å². The Balaban J connectivity index is 1.71. The van der Waals surface area contributed by atoms with Crippen molar-refractivity contribution in [3.8, 4) is 0 Å². The number of carbonyl (C=O) groups excluding carboxylic acids is 1. The third-order valence-corrected chi connectivity index (χ3v) is 4.91. The number of aromatic nitrogens is 1. The van der Waals surface area contributed by atoms with Crippen molar-refractivity contribution in [2.75, 3.05) is 11.9 Å². The minimum Gasteiger partial charge on any atom is -0.384 e. The van der Waals surface area contributed by atoms with Gasteiger partial charge in [-0.3, -0.25) is 9.78 Å². The summed E-state index contributed by atoms with van der Waals surface area (Å²) in [7, 11) is 0. The molecule has 4 nitrogen and oxygen atoms in total. The van der Waals surface area contributed by atoms with Gasteiger partial charge in [-0.25, -0.2) is 0 Å². The summed E-state index contributed by atoms with van der Waals surface area (Å²) < 4.78 is 0. The fourth-order valence-electron chi connectivity index (χ4n) is 3.81. The zero-order valence-corrected chi connectivity index (χ0v) is 13.0. The van der Waals surface area contributed by atoms with Crippen LogP contribution >= 0.6 is 0 Å². The molecule has 0 aliphatic heterocycles. The van der Waals surface area contributed by atoms with Gasteiger partial charge in [-0.15, -0.1) is 0 Å². The molecule has 2 bridgehead atoms. The first-order chi connectivity index (χ1) is 10.2. The Morgan fingerprint density at radius 3 is 2.90 bits per heavy atom. The van der Waals surface area contributed by atoms with Crippen molar-refractivity contribution in [3.05, 3.63) is 23.5 Å². The molecule has 3 rings (SSSR count). The second-order valence-corrected chi connectivity index (χ2v) is 6.55. The van der Waals surface area contributed by atoms with Gasteiger partial charge in [0.15, 0.2) is 0 Å². The van der Waals surface area contributed by atoms with Gasteiger partial charge in [0.05, 0.1) is 11.3 Å². The maximum Gasteiger partial charge on any atom is 0.255 e. The molecule has 114 valence electrons. The third kappa shape index (κ3) is 3.04. The molecule has 1 heterocycles. The highest BCUT2D eigenvalue weighted by atomic mass is 16.1. The molecular weight excluding hydrogens is 262 g/mol. The summed E-state index contributed by atoms with van der Waals surface area (Å²) >= 11 is 0. The van der Waals surface area contributed by atoms with Gasteiger partial charge in [0.25, 0.3) is 5.91 Å². The van der Waals surface area contributed by atoms with Crippen molar-refractivity contribution in [1.82, 2.24) is 10.3 Å². The molecular formula is C17H25N3O. The Hall–Kier alpha value is -1.58. The largest absolute Gasteiger partial charge is 0.384 e. The lowest BCUT2D eigenvalue weighted by atomic mass is 9.95. The van der Waals surface area contributed by atoms with E-state index in [0.29, 0.717) is 17.5 Å². The van der Waals surface area contributed by atoms with E-state index in [1.54, 1.807) is 6.20 Å². The Kier molecular flexibility index (Phi) is 4.13. The number of rotatable bonds is 5. The molecule has 0 radical (unpaired) electrons. The summed E-state index contributed by atoms with van der Waals surface area (Å²) in [6.07, 6.45) is 7.84. The van der Waals surface area contributed by atoms with Crippen LogP contribution in [0.3, 0.4) is 0 Å². The van der Waals surface area contributed by atoms with Crippen molar-refractivity contribution in [2.24, 2.45) is 11.8 Å². The fourth-order valence-corrected chi connectivity index (χ4v) is 3.81. The van der Waals surface area contributed by atoms with E-state index in [1.165, 1.54) is 19.3 Å². The zero-order chi connectivity index (χ0) is 14.8. The number of carbonyl (C=O) groups is 1. The van der Waals surface area contributed by atoms with E-state index >= 15 is 0 Å². The maximum absolute atomic E-state index is 12.6. The van der Waals surface area contributed by atoms with E-state index < -0.39 is 0 Å². The summed E-state index contributed by atoms with van der Waals surface area (Å²) in [5.41, 5.74) is 2.52. The molecule has 2 fully saturated rings. The highest BCUT2D eigenvalue weighted by Crippen LogP contribution is 2.44.